The van der Waals surface area contributed by atoms with E-state index in [9.17, 15) is 4.39 Å². The van der Waals surface area contributed by atoms with E-state index in [0.29, 0.717) is 29.8 Å². The van der Waals surface area contributed by atoms with Gasteiger partial charge in [-0.2, -0.15) is 4.98 Å². The summed E-state index contributed by atoms with van der Waals surface area (Å²) in [6.07, 6.45) is 0.579. The molecule has 0 aliphatic heterocycles. The van der Waals surface area contributed by atoms with Crippen molar-refractivity contribution in [3.63, 3.8) is 0 Å². The molecule has 2 rings (SSSR count). The minimum Gasteiger partial charge on any atom is -0.339 e. The third-order valence-corrected chi connectivity index (χ3v) is 3.20. The highest BCUT2D eigenvalue weighted by Crippen LogP contribution is 2.21. The number of rotatable bonds is 5. The van der Waals surface area contributed by atoms with Crippen molar-refractivity contribution < 1.29 is 8.91 Å². The summed E-state index contributed by atoms with van der Waals surface area (Å²) in [6, 6.07) is 6.30. The zero-order valence-corrected chi connectivity index (χ0v) is 10.5. The van der Waals surface area contributed by atoms with Gasteiger partial charge in [-0.25, -0.2) is 4.39 Å². The maximum absolute atomic E-state index is 12.7. The van der Waals surface area contributed by atoms with Gasteiger partial charge in [0, 0.05) is 17.2 Å². The van der Waals surface area contributed by atoms with Crippen LogP contribution in [-0.2, 0) is 12.2 Å². The van der Waals surface area contributed by atoms with E-state index >= 15 is 0 Å². The minimum atomic E-state index is -0.238. The van der Waals surface area contributed by atoms with Crippen LogP contribution < -0.4 is 0 Å². The van der Waals surface area contributed by atoms with Crippen LogP contribution in [0.15, 0.2) is 33.7 Å². The van der Waals surface area contributed by atoms with Gasteiger partial charge in [0.2, 0.25) is 5.89 Å². The summed E-state index contributed by atoms with van der Waals surface area (Å²) < 4.78 is 17.7. The fraction of sp³-hybridized carbons (Fsp3) is 0.273. The molecular formula is C11H10ClFN2OS. The second kappa shape index (κ2) is 6.02. The van der Waals surface area contributed by atoms with E-state index in [1.54, 1.807) is 12.1 Å². The molecular weight excluding hydrogens is 263 g/mol. The minimum absolute atomic E-state index is 0.238. The van der Waals surface area contributed by atoms with Crippen molar-refractivity contribution in [3.05, 3.63) is 41.8 Å². The monoisotopic (exact) mass is 272 g/mol. The molecule has 1 aromatic carbocycles. The molecule has 0 spiro atoms. The number of thioether (sulfide) groups is 1. The molecule has 0 aliphatic rings. The second-order valence-electron chi connectivity index (χ2n) is 3.29. The lowest BCUT2D eigenvalue weighted by molar-refractivity contribution is 0.378. The zero-order chi connectivity index (χ0) is 12.1. The summed E-state index contributed by atoms with van der Waals surface area (Å²) >= 11 is 7.09. The van der Waals surface area contributed by atoms with E-state index in [1.165, 1.54) is 23.9 Å². The molecule has 0 radical (unpaired) electrons. The number of aryl methyl sites for hydroxylation is 1. The maximum Gasteiger partial charge on any atom is 0.227 e. The number of halogens is 2. The normalized spacial score (nSPS) is 10.7. The second-order valence-corrected chi connectivity index (χ2v) is 4.71. The molecule has 0 unspecified atom stereocenters. The predicted molar refractivity (Wildman–Crippen MR) is 64.7 cm³/mol. The van der Waals surface area contributed by atoms with Crippen LogP contribution in [0.5, 0.6) is 0 Å². The van der Waals surface area contributed by atoms with Gasteiger partial charge < -0.3 is 4.52 Å². The topological polar surface area (TPSA) is 38.9 Å². The van der Waals surface area contributed by atoms with E-state index in [1.807, 2.05) is 0 Å². The van der Waals surface area contributed by atoms with Crippen LogP contribution in [0.4, 0.5) is 4.39 Å². The van der Waals surface area contributed by atoms with E-state index in [-0.39, 0.29) is 5.82 Å². The molecule has 1 aromatic heterocycles. The Morgan fingerprint density at radius 3 is 2.76 bits per heavy atom. The Kier molecular flexibility index (Phi) is 4.39. The molecule has 0 atom stereocenters. The number of aromatic nitrogens is 2. The number of hydrogen-bond acceptors (Lipinski definition) is 4. The molecule has 0 saturated heterocycles. The number of benzene rings is 1. The molecule has 0 N–H and O–H groups in total. The summed E-state index contributed by atoms with van der Waals surface area (Å²) in [5.74, 6) is 2.00. The molecule has 0 amide bonds. The summed E-state index contributed by atoms with van der Waals surface area (Å²) in [5, 5.41) is 3.83. The standard InChI is InChI=1S/C11H10ClFN2OS/c12-6-5-11-14-10(15-16-11)7-17-9-3-1-8(13)2-4-9/h1-4H,5-7H2. The molecule has 1 heterocycles. The van der Waals surface area contributed by atoms with Gasteiger partial charge in [-0.3, -0.25) is 0 Å². The Balaban J connectivity index is 1.90. The fourth-order valence-corrected chi connectivity index (χ4v) is 2.11. The van der Waals surface area contributed by atoms with E-state index < -0.39 is 0 Å². The lowest BCUT2D eigenvalue weighted by atomic mass is 10.4. The lowest BCUT2D eigenvalue weighted by Crippen LogP contribution is -1.87. The maximum atomic E-state index is 12.7. The van der Waals surface area contributed by atoms with Crippen LogP contribution in [0.3, 0.4) is 0 Å². The van der Waals surface area contributed by atoms with Crippen molar-refractivity contribution in [1.82, 2.24) is 10.1 Å². The van der Waals surface area contributed by atoms with Crippen LogP contribution >= 0.6 is 23.4 Å². The first-order valence-electron chi connectivity index (χ1n) is 5.04. The Morgan fingerprint density at radius 1 is 1.29 bits per heavy atom. The van der Waals surface area contributed by atoms with Crippen molar-refractivity contribution in [2.45, 2.75) is 17.1 Å². The molecule has 0 aliphatic carbocycles. The van der Waals surface area contributed by atoms with Gasteiger partial charge in [0.05, 0.1) is 5.75 Å². The third-order valence-electron chi connectivity index (χ3n) is 2.00. The van der Waals surface area contributed by atoms with Gasteiger partial charge in [-0.05, 0) is 24.3 Å². The molecule has 0 bridgehead atoms. The summed E-state index contributed by atoms with van der Waals surface area (Å²) in [6.45, 7) is 0. The number of alkyl halides is 1. The molecule has 2 aromatic rings. The van der Waals surface area contributed by atoms with Crippen LogP contribution in [0.1, 0.15) is 11.7 Å². The summed E-state index contributed by atoms with van der Waals surface area (Å²) in [5.41, 5.74) is 0. The first kappa shape index (κ1) is 12.4. The molecule has 17 heavy (non-hydrogen) atoms. The quantitative estimate of drug-likeness (QED) is 0.618. The highest BCUT2D eigenvalue weighted by atomic mass is 35.5. The van der Waals surface area contributed by atoms with Crippen molar-refractivity contribution in [3.8, 4) is 0 Å². The van der Waals surface area contributed by atoms with Crippen molar-refractivity contribution in [1.29, 1.82) is 0 Å². The van der Waals surface area contributed by atoms with E-state index in [2.05, 4.69) is 10.1 Å². The van der Waals surface area contributed by atoms with Gasteiger partial charge >= 0.3 is 0 Å². The Morgan fingerprint density at radius 2 is 2.06 bits per heavy atom. The van der Waals surface area contributed by atoms with Crippen LogP contribution in [0.25, 0.3) is 0 Å². The smallest absolute Gasteiger partial charge is 0.227 e. The van der Waals surface area contributed by atoms with Crippen molar-refractivity contribution in [2.24, 2.45) is 0 Å². The Hall–Kier alpha value is -1.07. The fourth-order valence-electron chi connectivity index (χ4n) is 1.21. The third kappa shape index (κ3) is 3.71. The Bertz CT molecular complexity index is 475. The van der Waals surface area contributed by atoms with Gasteiger partial charge in [0.25, 0.3) is 0 Å². The average Bonchev–Trinajstić information content (AvgIpc) is 2.77. The van der Waals surface area contributed by atoms with Crippen molar-refractivity contribution in [2.75, 3.05) is 5.88 Å². The highest BCUT2D eigenvalue weighted by molar-refractivity contribution is 7.98. The first-order valence-corrected chi connectivity index (χ1v) is 6.56. The summed E-state index contributed by atoms with van der Waals surface area (Å²) in [7, 11) is 0. The largest absolute Gasteiger partial charge is 0.339 e. The van der Waals surface area contributed by atoms with Gasteiger partial charge in [-0.15, -0.1) is 23.4 Å². The van der Waals surface area contributed by atoms with Crippen LogP contribution in [0.2, 0.25) is 0 Å². The molecule has 0 saturated carbocycles. The van der Waals surface area contributed by atoms with E-state index in [0.717, 1.165) is 4.90 Å². The number of nitrogens with zero attached hydrogens (tertiary/aromatic N) is 2. The van der Waals surface area contributed by atoms with Gasteiger partial charge in [-0.1, -0.05) is 5.16 Å². The predicted octanol–water partition coefficient (Wildman–Crippen LogP) is 3.28. The SMILES string of the molecule is Fc1ccc(SCc2noc(CCCl)n2)cc1. The van der Waals surface area contributed by atoms with E-state index in [4.69, 9.17) is 16.1 Å². The summed E-state index contributed by atoms with van der Waals surface area (Å²) in [4.78, 5) is 5.14. The molecule has 3 nitrogen and oxygen atoms in total. The molecule has 6 heteroatoms. The average molecular weight is 273 g/mol. The van der Waals surface area contributed by atoms with Crippen molar-refractivity contribution >= 4 is 23.4 Å². The van der Waals surface area contributed by atoms with Crippen LogP contribution in [0, 0.1) is 5.82 Å². The van der Waals surface area contributed by atoms with Gasteiger partial charge in [0.15, 0.2) is 5.82 Å². The highest BCUT2D eigenvalue weighted by Gasteiger charge is 2.06. The first-order chi connectivity index (χ1) is 8.28. The Labute approximate surface area is 107 Å². The van der Waals surface area contributed by atoms with Crippen LogP contribution in [-0.4, -0.2) is 16.0 Å². The lowest BCUT2D eigenvalue weighted by Gasteiger charge is -1.97. The molecule has 0 fully saturated rings. The zero-order valence-electron chi connectivity index (χ0n) is 8.90. The van der Waals surface area contributed by atoms with Gasteiger partial charge in [0.1, 0.15) is 5.82 Å². The molecule has 90 valence electrons. The number of hydrogen-bond donors (Lipinski definition) is 0.